The van der Waals surface area contributed by atoms with Crippen molar-refractivity contribution in [1.82, 2.24) is 9.88 Å². The number of carbonyl (C=O) groups is 1. The molecule has 46 heavy (non-hydrogen) atoms. The van der Waals surface area contributed by atoms with Crippen LogP contribution in [0.2, 0.25) is 0 Å². The molecular formula is C34H36F3N3O4S2. The number of aryl methyl sites for hydroxylation is 1. The zero-order valence-electron chi connectivity index (χ0n) is 25.9. The molecule has 1 aliphatic heterocycles. The Morgan fingerprint density at radius 1 is 1.02 bits per heavy atom. The maximum atomic E-state index is 13.2. The normalized spacial score (nSPS) is 13.9. The van der Waals surface area contributed by atoms with Crippen molar-refractivity contribution in [3.63, 3.8) is 0 Å². The molecule has 0 aliphatic carbocycles. The SMILES string of the molecule is CCCc1cc(SCc2sc(-c3ccc(C(F)(F)F)cc3)nc2CN2CCN(c3cccc(OC)c3)CC2)ccc1OOC(C)=O. The van der Waals surface area contributed by atoms with Crippen molar-refractivity contribution in [2.24, 2.45) is 0 Å². The summed E-state index contributed by atoms with van der Waals surface area (Å²) in [4.78, 5) is 33.0. The molecule has 0 atom stereocenters. The van der Waals surface area contributed by atoms with E-state index in [1.54, 1.807) is 24.9 Å². The van der Waals surface area contributed by atoms with E-state index in [9.17, 15) is 18.0 Å². The average Bonchev–Trinajstić information content (AvgIpc) is 3.45. The van der Waals surface area contributed by atoms with Gasteiger partial charge in [-0.1, -0.05) is 31.5 Å². The van der Waals surface area contributed by atoms with Gasteiger partial charge in [0, 0.05) is 78.1 Å². The number of hydrogen-bond acceptors (Lipinski definition) is 9. The Bertz CT molecular complexity index is 1620. The monoisotopic (exact) mass is 671 g/mol. The number of ether oxygens (including phenoxy) is 1. The van der Waals surface area contributed by atoms with Crippen LogP contribution in [0.3, 0.4) is 0 Å². The van der Waals surface area contributed by atoms with E-state index in [0.717, 1.165) is 83.6 Å². The van der Waals surface area contributed by atoms with Gasteiger partial charge >= 0.3 is 12.1 Å². The van der Waals surface area contributed by atoms with Gasteiger partial charge in [-0.05, 0) is 48.9 Å². The molecule has 5 rings (SSSR count). The maximum absolute atomic E-state index is 13.2. The molecule has 0 unspecified atom stereocenters. The Morgan fingerprint density at radius 2 is 1.78 bits per heavy atom. The second kappa shape index (κ2) is 15.2. The number of alkyl halides is 3. The molecule has 1 fully saturated rings. The third-order valence-electron chi connectivity index (χ3n) is 7.57. The third-order valence-corrected chi connectivity index (χ3v) is 9.92. The summed E-state index contributed by atoms with van der Waals surface area (Å²) in [7, 11) is 1.67. The predicted octanol–water partition coefficient (Wildman–Crippen LogP) is 8.26. The van der Waals surface area contributed by atoms with Crippen LogP contribution in [-0.2, 0) is 34.6 Å². The fraction of sp³-hybridized carbons (Fsp3) is 0.353. The van der Waals surface area contributed by atoms with Gasteiger partial charge < -0.3 is 9.64 Å². The van der Waals surface area contributed by atoms with E-state index in [1.807, 2.05) is 30.3 Å². The molecule has 4 aromatic rings. The molecule has 0 amide bonds. The molecule has 7 nitrogen and oxygen atoms in total. The lowest BCUT2D eigenvalue weighted by Gasteiger charge is -2.36. The number of rotatable bonds is 12. The van der Waals surface area contributed by atoms with Crippen LogP contribution in [0.15, 0.2) is 71.6 Å². The van der Waals surface area contributed by atoms with E-state index in [1.165, 1.54) is 30.4 Å². The van der Waals surface area contributed by atoms with E-state index in [4.69, 9.17) is 19.5 Å². The zero-order chi connectivity index (χ0) is 32.7. The van der Waals surface area contributed by atoms with Crippen LogP contribution in [0.1, 0.15) is 42.0 Å². The highest BCUT2D eigenvalue weighted by Gasteiger charge is 2.30. The molecule has 12 heteroatoms. The van der Waals surface area contributed by atoms with Gasteiger partial charge in [0.2, 0.25) is 0 Å². The minimum atomic E-state index is -4.39. The van der Waals surface area contributed by atoms with Crippen LogP contribution in [0.25, 0.3) is 10.6 Å². The second-order valence-electron chi connectivity index (χ2n) is 10.9. The quantitative estimate of drug-likeness (QED) is 0.0848. The molecule has 1 saturated heterocycles. The van der Waals surface area contributed by atoms with E-state index < -0.39 is 17.7 Å². The molecule has 0 spiro atoms. The number of aromatic nitrogens is 1. The minimum absolute atomic E-state index is 0.512. The number of carbonyl (C=O) groups excluding carboxylic acids is 1. The van der Waals surface area contributed by atoms with Crippen LogP contribution in [0.5, 0.6) is 11.5 Å². The number of nitrogens with zero attached hydrogens (tertiary/aromatic N) is 3. The molecule has 244 valence electrons. The Balaban J connectivity index is 1.33. The van der Waals surface area contributed by atoms with Crippen LogP contribution in [-0.4, -0.2) is 49.1 Å². The summed E-state index contributed by atoms with van der Waals surface area (Å²) in [6.07, 6.45) is -2.74. The van der Waals surface area contributed by atoms with E-state index >= 15 is 0 Å². The van der Waals surface area contributed by atoms with Crippen LogP contribution in [0.4, 0.5) is 18.9 Å². The summed E-state index contributed by atoms with van der Waals surface area (Å²) in [5.74, 6) is 1.46. The first-order valence-corrected chi connectivity index (χ1v) is 16.8. The van der Waals surface area contributed by atoms with E-state index in [-0.39, 0.29) is 0 Å². The van der Waals surface area contributed by atoms with Gasteiger partial charge in [0.25, 0.3) is 0 Å². The van der Waals surface area contributed by atoms with Gasteiger partial charge in [-0.2, -0.15) is 13.2 Å². The third kappa shape index (κ3) is 8.74. The molecule has 2 heterocycles. The van der Waals surface area contributed by atoms with Crippen LogP contribution >= 0.6 is 23.1 Å². The highest BCUT2D eigenvalue weighted by Crippen LogP contribution is 2.37. The van der Waals surface area contributed by atoms with Crippen molar-refractivity contribution in [3.05, 3.63) is 88.4 Å². The van der Waals surface area contributed by atoms with Crippen molar-refractivity contribution < 1.29 is 32.5 Å². The number of thioether (sulfide) groups is 1. The van der Waals surface area contributed by atoms with E-state index in [0.29, 0.717) is 28.6 Å². The molecule has 0 N–H and O–H groups in total. The number of methoxy groups -OCH3 is 1. The van der Waals surface area contributed by atoms with Crippen molar-refractivity contribution in [2.45, 2.75) is 50.1 Å². The first kappa shape index (κ1) is 33.6. The number of halogens is 3. The standard InChI is InChI=1S/C34H36F3N3O4S2/c1-4-6-25-19-29(13-14-31(25)44-43-23(2)41)45-22-32-30(38-33(46-32)24-9-11-26(12-10-24)34(35,36)37)21-39-15-17-40(18-16-39)27-7-5-8-28(20-27)42-3/h5,7-14,19-20H,4,6,15-18,21-22H2,1-3H3. The smallest absolute Gasteiger partial charge is 0.416 e. The van der Waals surface area contributed by atoms with E-state index in [2.05, 4.69) is 22.8 Å². The fourth-order valence-electron chi connectivity index (χ4n) is 5.17. The lowest BCUT2D eigenvalue weighted by atomic mass is 10.1. The number of hydrogen-bond donors (Lipinski definition) is 0. The Kier molecular flexibility index (Phi) is 11.1. The molecule has 0 radical (unpaired) electrons. The molecule has 1 aromatic heterocycles. The number of anilines is 1. The highest BCUT2D eigenvalue weighted by molar-refractivity contribution is 7.98. The van der Waals surface area contributed by atoms with Gasteiger partial charge in [0.15, 0.2) is 5.75 Å². The van der Waals surface area contributed by atoms with Crippen LogP contribution < -0.4 is 14.5 Å². The first-order chi connectivity index (χ1) is 22.1. The molecule has 0 bridgehead atoms. The number of thiazole rings is 1. The number of benzene rings is 3. The topological polar surface area (TPSA) is 64.1 Å². The lowest BCUT2D eigenvalue weighted by molar-refractivity contribution is -0.211. The summed E-state index contributed by atoms with van der Waals surface area (Å²) < 4.78 is 45.0. The van der Waals surface area contributed by atoms with Gasteiger partial charge in [-0.15, -0.1) is 23.1 Å². The molecule has 0 saturated carbocycles. The summed E-state index contributed by atoms with van der Waals surface area (Å²) in [6, 6.07) is 19.0. The van der Waals surface area contributed by atoms with Crippen molar-refractivity contribution >= 4 is 34.8 Å². The molecular weight excluding hydrogens is 636 g/mol. The largest absolute Gasteiger partial charge is 0.497 e. The Morgan fingerprint density at radius 3 is 2.46 bits per heavy atom. The van der Waals surface area contributed by atoms with Crippen molar-refractivity contribution in [1.29, 1.82) is 0 Å². The molecule has 1 aliphatic rings. The summed E-state index contributed by atoms with van der Waals surface area (Å²) >= 11 is 3.18. The van der Waals surface area contributed by atoms with Gasteiger partial charge in [0.1, 0.15) is 10.8 Å². The molecule has 3 aromatic carbocycles. The van der Waals surface area contributed by atoms with Gasteiger partial charge in [-0.3, -0.25) is 14.7 Å². The zero-order valence-corrected chi connectivity index (χ0v) is 27.6. The Hall–Kier alpha value is -3.74. The van der Waals surface area contributed by atoms with Gasteiger partial charge in [0.05, 0.1) is 18.4 Å². The minimum Gasteiger partial charge on any atom is -0.497 e. The van der Waals surface area contributed by atoms with Crippen LogP contribution in [0, 0.1) is 0 Å². The second-order valence-corrected chi connectivity index (χ2v) is 13.0. The summed E-state index contributed by atoms with van der Waals surface area (Å²) in [5.41, 5.74) is 2.99. The summed E-state index contributed by atoms with van der Waals surface area (Å²) in [5, 5.41) is 0.700. The van der Waals surface area contributed by atoms with Crippen molar-refractivity contribution in [3.8, 4) is 22.1 Å². The summed E-state index contributed by atoms with van der Waals surface area (Å²) in [6.45, 7) is 7.41. The average molecular weight is 672 g/mol. The fourth-order valence-corrected chi connectivity index (χ4v) is 7.31. The van der Waals surface area contributed by atoms with Gasteiger partial charge in [-0.25, -0.2) is 9.78 Å². The highest BCUT2D eigenvalue weighted by atomic mass is 32.2. The van der Waals surface area contributed by atoms with Crippen molar-refractivity contribution in [2.75, 3.05) is 38.2 Å². The maximum Gasteiger partial charge on any atom is 0.416 e. The predicted molar refractivity (Wildman–Crippen MR) is 175 cm³/mol. The number of piperazine rings is 1. The lowest BCUT2D eigenvalue weighted by Crippen LogP contribution is -2.46. The first-order valence-electron chi connectivity index (χ1n) is 15.0. The Labute approximate surface area is 275 Å².